The van der Waals surface area contributed by atoms with Crippen molar-refractivity contribution >= 4 is 17.6 Å². The van der Waals surface area contributed by atoms with Crippen molar-refractivity contribution in [1.82, 2.24) is 20.9 Å². The molecule has 2 saturated carbocycles. The van der Waals surface area contributed by atoms with Gasteiger partial charge in [-0.3, -0.25) is 9.59 Å². The second-order valence-electron chi connectivity index (χ2n) is 9.71. The van der Waals surface area contributed by atoms with Gasteiger partial charge in [0.2, 0.25) is 11.8 Å². The number of hydrogen-bond donors (Lipinski definition) is 4. The summed E-state index contributed by atoms with van der Waals surface area (Å²) in [6, 6.07) is 3.38. The topological polar surface area (TPSA) is 109 Å². The van der Waals surface area contributed by atoms with Gasteiger partial charge in [0.1, 0.15) is 5.82 Å². The van der Waals surface area contributed by atoms with Gasteiger partial charge >= 0.3 is 0 Å². The van der Waals surface area contributed by atoms with Crippen LogP contribution in [0.1, 0.15) is 76.7 Å². The van der Waals surface area contributed by atoms with Gasteiger partial charge in [0.25, 0.3) is 0 Å². The van der Waals surface area contributed by atoms with E-state index in [-0.39, 0.29) is 17.9 Å². The molecule has 7 nitrogen and oxygen atoms in total. The van der Waals surface area contributed by atoms with Crippen LogP contribution in [-0.2, 0) is 16.1 Å². The number of hydrogen-bond acceptors (Lipinski definition) is 5. The SMILES string of the molecule is CN[C@@H](C)C(=O)NCC(C(=O)NCc1ccc(N)nc1)(C1CCCCC1)C1CCCCC1. The predicted molar refractivity (Wildman–Crippen MR) is 128 cm³/mol. The van der Waals surface area contributed by atoms with Gasteiger partial charge in [-0.1, -0.05) is 44.6 Å². The maximum Gasteiger partial charge on any atom is 0.236 e. The van der Waals surface area contributed by atoms with E-state index in [2.05, 4.69) is 20.9 Å². The first-order valence-electron chi connectivity index (χ1n) is 12.4. The molecule has 0 unspecified atom stereocenters. The van der Waals surface area contributed by atoms with E-state index in [1.165, 1.54) is 12.8 Å². The fourth-order valence-electron chi connectivity index (χ4n) is 5.71. The number of nitrogens with zero attached hydrogens (tertiary/aromatic N) is 1. The largest absolute Gasteiger partial charge is 0.384 e. The van der Waals surface area contributed by atoms with Gasteiger partial charge < -0.3 is 21.7 Å². The second kappa shape index (κ2) is 11.6. The van der Waals surface area contributed by atoms with Crippen molar-refractivity contribution in [1.29, 1.82) is 0 Å². The van der Waals surface area contributed by atoms with E-state index in [1.807, 2.05) is 13.0 Å². The molecule has 2 aliphatic rings. The fraction of sp³-hybridized carbons (Fsp3) is 0.720. The van der Waals surface area contributed by atoms with Gasteiger partial charge in [-0.05, 0) is 63.1 Å². The molecule has 2 aliphatic carbocycles. The molecular formula is C25H41N5O2. The molecule has 3 rings (SSSR count). The molecule has 0 radical (unpaired) electrons. The normalized spacial score (nSPS) is 19.3. The average molecular weight is 444 g/mol. The van der Waals surface area contributed by atoms with Gasteiger partial charge in [0.15, 0.2) is 0 Å². The third kappa shape index (κ3) is 5.80. The highest BCUT2D eigenvalue weighted by molar-refractivity contribution is 5.86. The number of carbonyl (C=O) groups excluding carboxylic acids is 2. The Morgan fingerprint density at radius 2 is 1.62 bits per heavy atom. The van der Waals surface area contributed by atoms with Crippen LogP contribution in [0.15, 0.2) is 18.3 Å². The average Bonchev–Trinajstić information content (AvgIpc) is 2.84. The Labute approximate surface area is 192 Å². The highest BCUT2D eigenvalue weighted by Crippen LogP contribution is 2.49. The molecule has 1 heterocycles. The van der Waals surface area contributed by atoms with Crippen molar-refractivity contribution in [3.8, 4) is 0 Å². The lowest BCUT2D eigenvalue weighted by molar-refractivity contribution is -0.142. The van der Waals surface area contributed by atoms with Crippen molar-refractivity contribution < 1.29 is 9.59 Å². The Morgan fingerprint density at radius 3 is 2.12 bits per heavy atom. The van der Waals surface area contributed by atoms with Crippen molar-refractivity contribution in [3.63, 3.8) is 0 Å². The number of amides is 2. The van der Waals surface area contributed by atoms with Crippen LogP contribution in [-0.4, -0.2) is 36.4 Å². The summed E-state index contributed by atoms with van der Waals surface area (Å²) in [5.41, 5.74) is 6.07. The van der Waals surface area contributed by atoms with E-state index in [9.17, 15) is 9.59 Å². The summed E-state index contributed by atoms with van der Waals surface area (Å²) in [6.45, 7) is 2.69. The number of aromatic nitrogens is 1. The summed E-state index contributed by atoms with van der Waals surface area (Å²) in [5.74, 6) is 1.12. The Morgan fingerprint density at radius 1 is 1.03 bits per heavy atom. The first kappa shape index (κ1) is 24.5. The standard InChI is InChI=1S/C25H41N5O2/c1-18(27-2)23(31)30-17-25(20-9-5-3-6-10-20,21-11-7-4-8-12-21)24(32)29-16-19-13-14-22(26)28-15-19/h13-15,18,20-21,27H,3-12,16-17H2,1-2H3,(H2,26,28)(H,29,32)(H,30,31)/t18-/m0/s1. The van der Waals surface area contributed by atoms with Crippen LogP contribution in [0.2, 0.25) is 0 Å². The lowest BCUT2D eigenvalue weighted by atomic mass is 9.58. The van der Waals surface area contributed by atoms with Crippen LogP contribution in [0.4, 0.5) is 5.82 Å². The summed E-state index contributed by atoms with van der Waals surface area (Å²) in [7, 11) is 1.78. The van der Waals surface area contributed by atoms with Crippen molar-refractivity contribution in [3.05, 3.63) is 23.9 Å². The summed E-state index contributed by atoms with van der Waals surface area (Å²) in [4.78, 5) is 30.9. The number of carbonyl (C=O) groups is 2. The lowest BCUT2D eigenvalue weighted by Gasteiger charge is -2.48. The van der Waals surface area contributed by atoms with Crippen LogP contribution in [0, 0.1) is 17.3 Å². The molecule has 2 amide bonds. The van der Waals surface area contributed by atoms with Gasteiger partial charge in [-0.25, -0.2) is 4.98 Å². The van der Waals surface area contributed by atoms with Gasteiger partial charge in [-0.2, -0.15) is 0 Å². The third-order valence-electron chi connectivity index (χ3n) is 7.77. The molecule has 0 aliphatic heterocycles. The number of anilines is 1. The predicted octanol–water partition coefficient (Wildman–Crippen LogP) is 3.15. The molecule has 0 spiro atoms. The summed E-state index contributed by atoms with van der Waals surface area (Å²) < 4.78 is 0. The Kier molecular flexibility index (Phi) is 8.91. The smallest absolute Gasteiger partial charge is 0.236 e. The molecule has 7 heteroatoms. The van der Waals surface area contributed by atoms with Crippen molar-refractivity contribution in [2.75, 3.05) is 19.3 Å². The zero-order valence-electron chi connectivity index (χ0n) is 19.8. The minimum absolute atomic E-state index is 0.0426. The molecular weight excluding hydrogens is 402 g/mol. The molecule has 2 fully saturated rings. The highest BCUT2D eigenvalue weighted by Gasteiger charge is 2.51. The number of likely N-dealkylation sites (N-methyl/N-ethyl adjacent to an activating group) is 1. The Balaban J connectivity index is 1.86. The maximum atomic E-state index is 14.0. The van der Waals surface area contributed by atoms with Gasteiger partial charge in [-0.15, -0.1) is 0 Å². The van der Waals surface area contributed by atoms with E-state index < -0.39 is 5.41 Å². The zero-order valence-corrected chi connectivity index (χ0v) is 19.8. The minimum Gasteiger partial charge on any atom is -0.384 e. The number of nitrogens with one attached hydrogen (secondary N) is 3. The molecule has 0 saturated heterocycles. The van der Waals surface area contributed by atoms with E-state index in [4.69, 9.17) is 5.73 Å². The van der Waals surface area contributed by atoms with Crippen LogP contribution in [0.5, 0.6) is 0 Å². The molecule has 1 aromatic rings. The van der Waals surface area contributed by atoms with E-state index in [0.717, 1.165) is 56.9 Å². The third-order valence-corrected chi connectivity index (χ3v) is 7.77. The second-order valence-corrected chi connectivity index (χ2v) is 9.71. The lowest BCUT2D eigenvalue weighted by Crippen LogP contribution is -2.58. The highest BCUT2D eigenvalue weighted by atomic mass is 16.2. The Hall–Kier alpha value is -2.15. The zero-order chi connectivity index (χ0) is 23.0. The molecule has 0 aromatic carbocycles. The van der Waals surface area contributed by atoms with Crippen molar-refractivity contribution in [2.24, 2.45) is 17.3 Å². The Bertz CT molecular complexity index is 721. The molecule has 32 heavy (non-hydrogen) atoms. The molecule has 178 valence electrons. The van der Waals surface area contributed by atoms with Crippen LogP contribution >= 0.6 is 0 Å². The van der Waals surface area contributed by atoms with Crippen molar-refractivity contribution in [2.45, 2.75) is 83.7 Å². The molecule has 0 bridgehead atoms. The fourth-order valence-corrected chi connectivity index (χ4v) is 5.71. The minimum atomic E-state index is -0.564. The van der Waals surface area contributed by atoms with Gasteiger partial charge in [0.05, 0.1) is 11.5 Å². The summed E-state index contributed by atoms with van der Waals surface area (Å²) in [5, 5.41) is 9.41. The summed E-state index contributed by atoms with van der Waals surface area (Å²) >= 11 is 0. The molecule has 1 aromatic heterocycles. The first-order chi connectivity index (χ1) is 15.5. The maximum absolute atomic E-state index is 14.0. The number of nitrogen functional groups attached to an aromatic ring is 1. The molecule has 5 N–H and O–H groups in total. The number of pyridine rings is 1. The van der Waals surface area contributed by atoms with Gasteiger partial charge in [0, 0.05) is 19.3 Å². The van der Waals surface area contributed by atoms with E-state index in [1.54, 1.807) is 19.3 Å². The first-order valence-corrected chi connectivity index (χ1v) is 12.4. The van der Waals surface area contributed by atoms with E-state index >= 15 is 0 Å². The number of nitrogens with two attached hydrogens (primary N) is 1. The molecule has 1 atom stereocenters. The van der Waals surface area contributed by atoms with Crippen LogP contribution in [0.3, 0.4) is 0 Å². The van der Waals surface area contributed by atoms with Crippen LogP contribution < -0.4 is 21.7 Å². The quantitative estimate of drug-likeness (QED) is 0.469. The monoisotopic (exact) mass is 443 g/mol. The number of rotatable bonds is 9. The van der Waals surface area contributed by atoms with Crippen LogP contribution in [0.25, 0.3) is 0 Å². The van der Waals surface area contributed by atoms with E-state index in [0.29, 0.717) is 30.7 Å². The summed E-state index contributed by atoms with van der Waals surface area (Å²) in [6.07, 6.45) is 13.1.